The highest BCUT2D eigenvalue weighted by atomic mass is 16.3. The first-order valence-corrected chi connectivity index (χ1v) is 8.44. The van der Waals surface area contributed by atoms with E-state index in [9.17, 15) is 9.90 Å². The van der Waals surface area contributed by atoms with Gasteiger partial charge in [-0.05, 0) is 37.3 Å². The predicted molar refractivity (Wildman–Crippen MR) is 90.2 cm³/mol. The molecule has 5 heteroatoms. The number of aliphatic hydroxyl groups is 1. The molecule has 1 saturated carbocycles. The number of carbonyl (C=O) groups is 1. The number of carbonyl (C=O) groups excluding carboxylic acids is 1. The molecule has 1 unspecified atom stereocenters. The van der Waals surface area contributed by atoms with Gasteiger partial charge in [-0.15, -0.1) is 0 Å². The number of imidazole rings is 1. The van der Waals surface area contributed by atoms with Crippen LogP contribution in [0.15, 0.2) is 24.3 Å². The van der Waals surface area contributed by atoms with Crippen molar-refractivity contribution in [3.05, 3.63) is 30.1 Å². The van der Waals surface area contributed by atoms with Gasteiger partial charge < -0.3 is 15.0 Å². The molecule has 1 aromatic carbocycles. The Bertz CT molecular complexity index is 689. The Labute approximate surface area is 136 Å². The van der Waals surface area contributed by atoms with Gasteiger partial charge in [0.2, 0.25) is 5.91 Å². The highest BCUT2D eigenvalue weighted by Gasteiger charge is 2.30. The molecule has 1 amide bonds. The van der Waals surface area contributed by atoms with E-state index in [-0.39, 0.29) is 25.1 Å². The molecule has 0 bridgehead atoms. The molecule has 1 aromatic heterocycles. The van der Waals surface area contributed by atoms with Crippen LogP contribution in [0.2, 0.25) is 0 Å². The number of nitrogens with one attached hydrogen (secondary N) is 1. The van der Waals surface area contributed by atoms with Crippen LogP contribution in [0.4, 0.5) is 0 Å². The van der Waals surface area contributed by atoms with Crippen LogP contribution in [0, 0.1) is 5.92 Å². The van der Waals surface area contributed by atoms with Crippen LogP contribution in [0.25, 0.3) is 11.0 Å². The number of benzene rings is 1. The molecule has 0 aliphatic heterocycles. The van der Waals surface area contributed by atoms with Crippen molar-refractivity contribution < 1.29 is 9.90 Å². The second-order valence-electron chi connectivity index (χ2n) is 6.90. The highest BCUT2D eigenvalue weighted by Crippen LogP contribution is 2.40. The second kappa shape index (κ2) is 6.71. The normalized spacial score (nSPS) is 16.0. The van der Waals surface area contributed by atoms with E-state index in [1.165, 1.54) is 0 Å². The molecule has 0 spiro atoms. The summed E-state index contributed by atoms with van der Waals surface area (Å²) in [5.41, 5.74) is 1.96. The lowest BCUT2D eigenvalue weighted by atomic mass is 10.0. The zero-order valence-electron chi connectivity index (χ0n) is 13.8. The van der Waals surface area contributed by atoms with Crippen molar-refractivity contribution in [2.75, 3.05) is 6.61 Å². The fraction of sp³-hybridized carbons (Fsp3) is 0.556. The number of amides is 1. The summed E-state index contributed by atoms with van der Waals surface area (Å²) in [6.07, 6.45) is 3.08. The predicted octanol–water partition coefficient (Wildman–Crippen LogP) is 2.44. The summed E-state index contributed by atoms with van der Waals surface area (Å²) < 4.78 is 2.03. The monoisotopic (exact) mass is 315 g/mol. The number of aromatic nitrogens is 2. The van der Waals surface area contributed by atoms with Crippen molar-refractivity contribution in [3.63, 3.8) is 0 Å². The maximum absolute atomic E-state index is 12.4. The summed E-state index contributed by atoms with van der Waals surface area (Å²) in [7, 11) is 0. The Morgan fingerprint density at radius 2 is 2.13 bits per heavy atom. The van der Waals surface area contributed by atoms with E-state index in [2.05, 4.69) is 19.2 Å². The van der Waals surface area contributed by atoms with Crippen molar-refractivity contribution >= 4 is 16.9 Å². The molecule has 5 nitrogen and oxygen atoms in total. The van der Waals surface area contributed by atoms with Gasteiger partial charge in [0.25, 0.3) is 0 Å². The molecular formula is C18H25N3O2. The molecule has 1 aliphatic rings. The van der Waals surface area contributed by atoms with Crippen LogP contribution < -0.4 is 5.32 Å². The lowest BCUT2D eigenvalue weighted by Crippen LogP contribution is -2.40. The highest BCUT2D eigenvalue weighted by molar-refractivity contribution is 5.81. The summed E-state index contributed by atoms with van der Waals surface area (Å²) in [5.74, 6) is 1.88. The third kappa shape index (κ3) is 3.72. The number of rotatable bonds is 7. The number of para-hydroxylation sites is 2. The quantitative estimate of drug-likeness (QED) is 0.824. The Hall–Kier alpha value is -1.88. The molecule has 0 saturated heterocycles. The Balaban J connectivity index is 1.77. The van der Waals surface area contributed by atoms with Crippen LogP contribution in [0.1, 0.15) is 44.9 Å². The van der Waals surface area contributed by atoms with Gasteiger partial charge in [0.1, 0.15) is 12.4 Å². The second-order valence-corrected chi connectivity index (χ2v) is 6.90. The first-order chi connectivity index (χ1) is 11.1. The minimum atomic E-state index is -0.179. The lowest BCUT2D eigenvalue weighted by Gasteiger charge is -2.19. The van der Waals surface area contributed by atoms with Crippen molar-refractivity contribution in [3.8, 4) is 0 Å². The van der Waals surface area contributed by atoms with Crippen molar-refractivity contribution in [1.82, 2.24) is 14.9 Å². The third-order valence-corrected chi connectivity index (χ3v) is 4.27. The first-order valence-electron chi connectivity index (χ1n) is 8.44. The first kappa shape index (κ1) is 16.0. The van der Waals surface area contributed by atoms with Crippen LogP contribution in [0.3, 0.4) is 0 Å². The maximum Gasteiger partial charge on any atom is 0.240 e. The zero-order chi connectivity index (χ0) is 16.4. The topological polar surface area (TPSA) is 67.2 Å². The molecule has 0 radical (unpaired) electrons. The van der Waals surface area contributed by atoms with Gasteiger partial charge in [-0.3, -0.25) is 4.79 Å². The van der Waals surface area contributed by atoms with Gasteiger partial charge in [0, 0.05) is 5.92 Å². The van der Waals surface area contributed by atoms with Crippen LogP contribution in [0.5, 0.6) is 0 Å². The van der Waals surface area contributed by atoms with Crippen LogP contribution >= 0.6 is 0 Å². The number of nitrogens with zero attached hydrogens (tertiary/aromatic N) is 2. The molecule has 1 atom stereocenters. The number of hydrogen-bond donors (Lipinski definition) is 2. The van der Waals surface area contributed by atoms with Crippen LogP contribution in [-0.4, -0.2) is 33.2 Å². The van der Waals surface area contributed by atoms with E-state index in [1.54, 1.807) is 0 Å². The summed E-state index contributed by atoms with van der Waals surface area (Å²) >= 11 is 0. The summed E-state index contributed by atoms with van der Waals surface area (Å²) in [6.45, 7) is 4.41. The fourth-order valence-corrected chi connectivity index (χ4v) is 3.08. The molecule has 23 heavy (non-hydrogen) atoms. The number of aliphatic hydroxyl groups excluding tert-OH is 1. The van der Waals surface area contributed by atoms with E-state index >= 15 is 0 Å². The molecule has 1 fully saturated rings. The zero-order valence-corrected chi connectivity index (χ0v) is 13.8. The minimum Gasteiger partial charge on any atom is -0.394 e. The molecule has 3 rings (SSSR count). The number of fused-ring (bicyclic) bond motifs is 1. The van der Waals surface area contributed by atoms with Crippen LogP contribution in [-0.2, 0) is 11.3 Å². The molecule has 2 N–H and O–H groups in total. The summed E-state index contributed by atoms with van der Waals surface area (Å²) in [4.78, 5) is 17.1. The average Bonchev–Trinajstić information content (AvgIpc) is 3.30. The molecule has 124 valence electrons. The van der Waals surface area contributed by atoms with Gasteiger partial charge in [-0.25, -0.2) is 4.98 Å². The van der Waals surface area contributed by atoms with Crippen molar-refractivity contribution in [2.45, 2.75) is 51.6 Å². The fourth-order valence-electron chi connectivity index (χ4n) is 3.08. The van der Waals surface area contributed by atoms with Gasteiger partial charge in [0.05, 0.1) is 23.7 Å². The third-order valence-electron chi connectivity index (χ3n) is 4.27. The SMILES string of the molecule is CC(C)CC(CO)NC(=O)Cn1c(C2CC2)nc2ccccc21. The van der Waals surface area contributed by atoms with E-state index in [0.717, 1.165) is 36.1 Å². The molecular weight excluding hydrogens is 290 g/mol. The van der Waals surface area contributed by atoms with E-state index in [4.69, 9.17) is 4.98 Å². The Morgan fingerprint density at radius 1 is 1.39 bits per heavy atom. The maximum atomic E-state index is 12.4. The van der Waals surface area contributed by atoms with E-state index in [0.29, 0.717) is 11.8 Å². The largest absolute Gasteiger partial charge is 0.394 e. The Kier molecular flexibility index (Phi) is 4.66. The van der Waals surface area contributed by atoms with E-state index in [1.807, 2.05) is 28.8 Å². The summed E-state index contributed by atoms with van der Waals surface area (Å²) in [5, 5.41) is 12.4. The van der Waals surface area contributed by atoms with Gasteiger partial charge >= 0.3 is 0 Å². The Morgan fingerprint density at radius 3 is 2.78 bits per heavy atom. The molecule has 2 aromatic rings. The average molecular weight is 315 g/mol. The van der Waals surface area contributed by atoms with Crippen molar-refractivity contribution in [1.29, 1.82) is 0 Å². The van der Waals surface area contributed by atoms with Gasteiger partial charge in [0.15, 0.2) is 0 Å². The molecule has 1 heterocycles. The van der Waals surface area contributed by atoms with Gasteiger partial charge in [-0.1, -0.05) is 26.0 Å². The van der Waals surface area contributed by atoms with Crippen molar-refractivity contribution in [2.24, 2.45) is 5.92 Å². The van der Waals surface area contributed by atoms with Gasteiger partial charge in [-0.2, -0.15) is 0 Å². The summed E-state index contributed by atoms with van der Waals surface area (Å²) in [6, 6.07) is 7.77. The minimum absolute atomic E-state index is 0.0237. The number of hydrogen-bond acceptors (Lipinski definition) is 3. The molecule has 1 aliphatic carbocycles. The smallest absolute Gasteiger partial charge is 0.240 e. The lowest BCUT2D eigenvalue weighted by molar-refractivity contribution is -0.122. The van der Waals surface area contributed by atoms with E-state index < -0.39 is 0 Å². The standard InChI is InChI=1S/C18H25N3O2/c1-12(2)9-14(11-22)19-17(23)10-21-16-6-4-3-5-15(16)20-18(21)13-7-8-13/h3-6,12-14,22H,7-11H2,1-2H3,(H,19,23).